The maximum Gasteiger partial charge on any atom is 0.231 e. The average molecular weight is 297 g/mol. The van der Waals surface area contributed by atoms with Gasteiger partial charge in [-0.05, 0) is 24.1 Å². The lowest BCUT2D eigenvalue weighted by Crippen LogP contribution is -2.36. The fraction of sp³-hybridized carbons (Fsp3) is 0.462. The smallest absolute Gasteiger partial charge is 0.231 e. The molecule has 1 aromatic carbocycles. The Labute approximate surface area is 117 Å². The highest BCUT2D eigenvalue weighted by Crippen LogP contribution is 2.32. The van der Waals surface area contributed by atoms with E-state index in [4.69, 9.17) is 9.47 Å². The average Bonchev–Trinajstić information content (AvgIpc) is 2.95. The molecule has 3 rings (SSSR count). The van der Waals surface area contributed by atoms with Crippen molar-refractivity contribution in [2.75, 3.05) is 18.3 Å². The molecule has 2 aliphatic rings. The minimum atomic E-state index is -2.97. The Hall–Kier alpha value is -1.76. The number of hydrogen-bond donors (Lipinski definition) is 1. The van der Waals surface area contributed by atoms with Gasteiger partial charge in [-0.15, -0.1) is 0 Å². The van der Waals surface area contributed by atoms with E-state index in [1.807, 2.05) is 0 Å². The van der Waals surface area contributed by atoms with E-state index in [9.17, 15) is 13.2 Å². The van der Waals surface area contributed by atoms with Crippen molar-refractivity contribution in [1.82, 2.24) is 5.32 Å². The number of sulfone groups is 1. The summed E-state index contributed by atoms with van der Waals surface area (Å²) in [6.45, 7) is 0.199. The van der Waals surface area contributed by atoms with Crippen LogP contribution in [-0.2, 0) is 21.1 Å². The first-order chi connectivity index (χ1) is 9.52. The van der Waals surface area contributed by atoms with Gasteiger partial charge in [0.05, 0.1) is 17.9 Å². The first-order valence-corrected chi connectivity index (χ1v) is 8.22. The van der Waals surface area contributed by atoms with Gasteiger partial charge in [0.2, 0.25) is 12.7 Å². The molecule has 108 valence electrons. The zero-order chi connectivity index (χ0) is 14.2. The zero-order valence-corrected chi connectivity index (χ0v) is 11.6. The molecule has 2 heterocycles. The number of fused-ring (bicyclic) bond motifs is 1. The quantitative estimate of drug-likeness (QED) is 0.865. The van der Waals surface area contributed by atoms with Crippen molar-refractivity contribution in [2.24, 2.45) is 0 Å². The summed E-state index contributed by atoms with van der Waals surface area (Å²) in [6, 6.07) is 5.08. The van der Waals surface area contributed by atoms with Gasteiger partial charge < -0.3 is 14.8 Å². The third-order valence-corrected chi connectivity index (χ3v) is 5.17. The molecule has 1 fully saturated rings. The third-order valence-electron chi connectivity index (χ3n) is 3.40. The molecule has 20 heavy (non-hydrogen) atoms. The van der Waals surface area contributed by atoms with Crippen LogP contribution in [0.4, 0.5) is 0 Å². The number of amides is 1. The van der Waals surface area contributed by atoms with Crippen molar-refractivity contribution >= 4 is 15.7 Å². The van der Waals surface area contributed by atoms with Crippen LogP contribution in [0.5, 0.6) is 11.5 Å². The number of carbonyl (C=O) groups excluding carboxylic acids is 1. The molecule has 1 N–H and O–H groups in total. The highest BCUT2D eigenvalue weighted by molar-refractivity contribution is 7.91. The van der Waals surface area contributed by atoms with Crippen LogP contribution in [0.2, 0.25) is 0 Å². The molecule has 0 saturated carbocycles. The first kappa shape index (κ1) is 13.2. The van der Waals surface area contributed by atoms with Crippen LogP contribution >= 0.6 is 0 Å². The standard InChI is InChI=1S/C13H15NO5S/c15-13(14-10-3-4-20(16,17)7-10)6-9-1-2-11-12(5-9)19-8-18-11/h1-2,5,10H,3-4,6-8H2,(H,14,15). The number of carbonyl (C=O) groups is 1. The van der Waals surface area contributed by atoms with Gasteiger partial charge in [0.25, 0.3) is 0 Å². The summed E-state index contributed by atoms with van der Waals surface area (Å²) in [5, 5.41) is 2.76. The molecule has 1 amide bonds. The van der Waals surface area contributed by atoms with Crippen LogP contribution in [-0.4, -0.2) is 38.7 Å². The van der Waals surface area contributed by atoms with E-state index < -0.39 is 9.84 Å². The van der Waals surface area contributed by atoms with Crippen molar-refractivity contribution < 1.29 is 22.7 Å². The fourth-order valence-corrected chi connectivity index (χ4v) is 4.10. The second-order valence-electron chi connectivity index (χ2n) is 5.03. The molecule has 1 aromatic rings. The summed E-state index contributed by atoms with van der Waals surface area (Å²) < 4.78 is 33.1. The van der Waals surface area contributed by atoms with Crippen LogP contribution in [0.25, 0.3) is 0 Å². The van der Waals surface area contributed by atoms with E-state index in [0.29, 0.717) is 17.9 Å². The monoisotopic (exact) mass is 297 g/mol. The summed E-state index contributed by atoms with van der Waals surface area (Å²) in [5.74, 6) is 1.34. The summed E-state index contributed by atoms with van der Waals surface area (Å²) in [4.78, 5) is 11.9. The van der Waals surface area contributed by atoms with Crippen LogP contribution in [0.1, 0.15) is 12.0 Å². The zero-order valence-electron chi connectivity index (χ0n) is 10.8. The SMILES string of the molecule is O=C(Cc1ccc2c(c1)OCO2)NC1CCS(=O)(=O)C1. The maximum atomic E-state index is 11.9. The first-order valence-electron chi connectivity index (χ1n) is 6.40. The number of nitrogens with one attached hydrogen (secondary N) is 1. The highest BCUT2D eigenvalue weighted by atomic mass is 32.2. The van der Waals surface area contributed by atoms with Crippen LogP contribution in [0.15, 0.2) is 18.2 Å². The number of hydrogen-bond acceptors (Lipinski definition) is 5. The number of ether oxygens (including phenoxy) is 2. The van der Waals surface area contributed by atoms with Gasteiger partial charge in [-0.2, -0.15) is 0 Å². The van der Waals surface area contributed by atoms with Gasteiger partial charge in [0, 0.05) is 6.04 Å². The van der Waals surface area contributed by atoms with Crippen LogP contribution in [0.3, 0.4) is 0 Å². The van der Waals surface area contributed by atoms with Crippen molar-refractivity contribution in [2.45, 2.75) is 18.9 Å². The van der Waals surface area contributed by atoms with Gasteiger partial charge >= 0.3 is 0 Å². The molecule has 2 aliphatic heterocycles. The van der Waals surface area contributed by atoms with Gasteiger partial charge in [0.1, 0.15) is 0 Å². The van der Waals surface area contributed by atoms with Crippen molar-refractivity contribution in [3.8, 4) is 11.5 Å². The number of benzene rings is 1. The lowest BCUT2D eigenvalue weighted by atomic mass is 10.1. The van der Waals surface area contributed by atoms with Gasteiger partial charge in [0.15, 0.2) is 21.3 Å². The van der Waals surface area contributed by atoms with E-state index in [2.05, 4.69) is 5.32 Å². The molecule has 0 radical (unpaired) electrons. The Balaban J connectivity index is 1.59. The summed E-state index contributed by atoms with van der Waals surface area (Å²) in [6.07, 6.45) is 0.697. The van der Waals surface area contributed by atoms with Gasteiger partial charge in [-0.25, -0.2) is 8.42 Å². The van der Waals surface area contributed by atoms with E-state index >= 15 is 0 Å². The molecule has 0 aliphatic carbocycles. The maximum absolute atomic E-state index is 11.9. The van der Waals surface area contributed by atoms with Crippen LogP contribution in [0, 0.1) is 0 Å². The Morgan fingerprint density at radius 2 is 2.10 bits per heavy atom. The predicted molar refractivity (Wildman–Crippen MR) is 71.5 cm³/mol. The molecule has 0 spiro atoms. The van der Waals surface area contributed by atoms with Crippen molar-refractivity contribution in [1.29, 1.82) is 0 Å². The van der Waals surface area contributed by atoms with Gasteiger partial charge in [-0.1, -0.05) is 6.07 Å². The normalized spacial score (nSPS) is 22.7. The van der Waals surface area contributed by atoms with Gasteiger partial charge in [-0.3, -0.25) is 4.79 Å². The minimum Gasteiger partial charge on any atom is -0.454 e. The Bertz CT molecular complexity index is 640. The Kier molecular flexibility index (Phi) is 3.29. The van der Waals surface area contributed by atoms with Crippen LogP contribution < -0.4 is 14.8 Å². The van der Waals surface area contributed by atoms with E-state index in [1.54, 1.807) is 18.2 Å². The third kappa shape index (κ3) is 2.87. The largest absolute Gasteiger partial charge is 0.454 e. The second kappa shape index (κ2) is 4.97. The summed E-state index contributed by atoms with van der Waals surface area (Å²) >= 11 is 0. The summed E-state index contributed by atoms with van der Waals surface area (Å²) in [7, 11) is -2.97. The Morgan fingerprint density at radius 1 is 1.30 bits per heavy atom. The topological polar surface area (TPSA) is 81.7 Å². The van der Waals surface area contributed by atoms with Crippen molar-refractivity contribution in [3.05, 3.63) is 23.8 Å². The molecular weight excluding hydrogens is 282 g/mol. The molecule has 1 atom stereocenters. The molecule has 0 bridgehead atoms. The van der Waals surface area contributed by atoms with E-state index in [0.717, 1.165) is 5.56 Å². The predicted octanol–water partition coefficient (Wildman–Crippen LogP) is 0.261. The highest BCUT2D eigenvalue weighted by Gasteiger charge is 2.28. The molecule has 1 unspecified atom stereocenters. The van der Waals surface area contributed by atoms with Crippen molar-refractivity contribution in [3.63, 3.8) is 0 Å². The lowest BCUT2D eigenvalue weighted by molar-refractivity contribution is -0.120. The number of rotatable bonds is 3. The lowest BCUT2D eigenvalue weighted by Gasteiger charge is -2.10. The second-order valence-corrected chi connectivity index (χ2v) is 7.26. The molecule has 7 heteroatoms. The fourth-order valence-electron chi connectivity index (χ4n) is 2.42. The Morgan fingerprint density at radius 3 is 2.85 bits per heavy atom. The molecule has 1 saturated heterocycles. The minimum absolute atomic E-state index is 0.0415. The van der Waals surface area contributed by atoms with E-state index in [-0.39, 0.29) is 36.7 Å². The van der Waals surface area contributed by atoms with E-state index in [1.165, 1.54) is 0 Å². The molecule has 0 aromatic heterocycles. The molecular formula is C13H15NO5S. The molecule has 6 nitrogen and oxygen atoms in total. The summed E-state index contributed by atoms with van der Waals surface area (Å²) in [5.41, 5.74) is 0.813.